The largest absolute Gasteiger partial charge is 0.465 e. The molecule has 0 saturated heterocycles. The Morgan fingerprint density at radius 2 is 2.56 bits per heavy atom. The van der Waals surface area contributed by atoms with Crippen molar-refractivity contribution >= 4 is 17.3 Å². The van der Waals surface area contributed by atoms with Crippen LogP contribution in [0.2, 0.25) is 0 Å². The molecule has 0 radical (unpaired) electrons. The van der Waals surface area contributed by atoms with Gasteiger partial charge in [-0.15, -0.1) is 11.3 Å². The second kappa shape index (κ2) is 6.51. The van der Waals surface area contributed by atoms with E-state index in [9.17, 15) is 4.79 Å². The average molecular weight is 235 g/mol. The molecular weight excluding hydrogens is 226 g/mol. The van der Waals surface area contributed by atoms with E-state index >= 15 is 0 Å². The Labute approximate surface area is 96.7 Å². The summed E-state index contributed by atoms with van der Waals surface area (Å²) < 4.78 is 4.62. The summed E-state index contributed by atoms with van der Waals surface area (Å²) in [7, 11) is 1.33. The van der Waals surface area contributed by atoms with Crippen molar-refractivity contribution in [3.05, 3.63) is 32.3 Å². The van der Waals surface area contributed by atoms with Crippen molar-refractivity contribution in [1.82, 2.24) is 0 Å². The normalized spacial score (nSPS) is 8.56. The number of methoxy groups -OCH3 is 1. The van der Waals surface area contributed by atoms with Crippen molar-refractivity contribution in [3.8, 4) is 11.8 Å². The fraction of sp³-hybridized carbons (Fsp3) is 0.300. The highest BCUT2D eigenvalue weighted by Crippen LogP contribution is 2.16. The van der Waals surface area contributed by atoms with Crippen molar-refractivity contribution in [3.63, 3.8) is 0 Å². The number of rotatable bonds is 3. The standard InChI is InChI=1S/C10H9N3O2S/c1-15-10(14)9-8(5-7-16-9)4-2-3-6-12-13-11/h5,7H,3,6H2,1H3. The van der Waals surface area contributed by atoms with Crippen LogP contribution in [0.1, 0.15) is 21.7 Å². The molecule has 1 rings (SSSR count). The minimum Gasteiger partial charge on any atom is -0.465 e. The van der Waals surface area contributed by atoms with Gasteiger partial charge in [-0.1, -0.05) is 17.0 Å². The molecule has 0 aromatic carbocycles. The van der Waals surface area contributed by atoms with Crippen LogP contribution in [-0.4, -0.2) is 19.6 Å². The Kier molecular flexibility index (Phi) is 4.93. The lowest BCUT2D eigenvalue weighted by Gasteiger charge is -1.94. The van der Waals surface area contributed by atoms with Crippen LogP contribution >= 0.6 is 11.3 Å². The number of carbonyl (C=O) groups is 1. The van der Waals surface area contributed by atoms with E-state index in [4.69, 9.17) is 5.53 Å². The topological polar surface area (TPSA) is 75.1 Å². The highest BCUT2D eigenvalue weighted by Gasteiger charge is 2.11. The van der Waals surface area contributed by atoms with Crippen LogP contribution in [0.15, 0.2) is 16.6 Å². The Morgan fingerprint density at radius 3 is 3.25 bits per heavy atom. The van der Waals surface area contributed by atoms with Gasteiger partial charge in [0.25, 0.3) is 0 Å². The minimum atomic E-state index is -0.380. The van der Waals surface area contributed by atoms with Crippen molar-refractivity contribution < 1.29 is 9.53 Å². The molecule has 0 saturated carbocycles. The van der Waals surface area contributed by atoms with Gasteiger partial charge in [-0.25, -0.2) is 4.79 Å². The molecule has 0 fully saturated rings. The van der Waals surface area contributed by atoms with E-state index in [-0.39, 0.29) is 5.97 Å². The van der Waals surface area contributed by atoms with E-state index in [1.165, 1.54) is 18.4 Å². The lowest BCUT2D eigenvalue weighted by molar-refractivity contribution is 0.0606. The van der Waals surface area contributed by atoms with Gasteiger partial charge >= 0.3 is 5.97 Å². The average Bonchev–Trinajstić information content (AvgIpc) is 2.76. The third-order valence-corrected chi connectivity index (χ3v) is 2.55. The first kappa shape index (κ1) is 12.1. The number of ether oxygens (including phenoxy) is 1. The lowest BCUT2D eigenvalue weighted by atomic mass is 10.2. The molecule has 1 aromatic heterocycles. The Bertz CT molecular complexity index is 478. The number of esters is 1. The van der Waals surface area contributed by atoms with E-state index in [0.717, 1.165) is 0 Å². The van der Waals surface area contributed by atoms with E-state index in [1.54, 1.807) is 11.4 Å². The number of azide groups is 1. The zero-order chi connectivity index (χ0) is 11.8. The first-order valence-electron chi connectivity index (χ1n) is 4.45. The van der Waals surface area contributed by atoms with Crippen LogP contribution in [0.3, 0.4) is 0 Å². The monoisotopic (exact) mass is 235 g/mol. The molecule has 82 valence electrons. The maximum absolute atomic E-state index is 11.3. The van der Waals surface area contributed by atoms with Crippen molar-refractivity contribution in [2.75, 3.05) is 13.7 Å². The fourth-order valence-electron chi connectivity index (χ4n) is 0.967. The summed E-state index contributed by atoms with van der Waals surface area (Å²) in [5.74, 6) is 5.29. The van der Waals surface area contributed by atoms with Gasteiger partial charge in [0.2, 0.25) is 0 Å². The Morgan fingerprint density at radius 1 is 1.75 bits per heavy atom. The first-order chi connectivity index (χ1) is 7.79. The Balaban J connectivity index is 2.69. The van der Waals surface area contributed by atoms with Gasteiger partial charge in [0.05, 0.1) is 7.11 Å². The summed E-state index contributed by atoms with van der Waals surface area (Å²) in [6.07, 6.45) is 0.473. The van der Waals surface area contributed by atoms with Gasteiger partial charge in [-0.2, -0.15) is 0 Å². The summed E-state index contributed by atoms with van der Waals surface area (Å²) in [5, 5.41) is 5.13. The minimum absolute atomic E-state index is 0.335. The van der Waals surface area contributed by atoms with E-state index in [0.29, 0.717) is 23.4 Å². The predicted octanol–water partition coefficient (Wildman–Crippen LogP) is 2.59. The molecule has 0 aliphatic rings. The molecule has 6 heteroatoms. The van der Waals surface area contributed by atoms with Gasteiger partial charge < -0.3 is 4.74 Å². The number of hydrogen-bond acceptors (Lipinski definition) is 4. The van der Waals surface area contributed by atoms with Crippen LogP contribution in [0, 0.1) is 11.8 Å². The van der Waals surface area contributed by atoms with Gasteiger partial charge in [0.15, 0.2) is 0 Å². The molecule has 0 bridgehead atoms. The zero-order valence-corrected chi connectivity index (χ0v) is 9.45. The van der Waals surface area contributed by atoms with Crippen molar-refractivity contribution in [2.45, 2.75) is 6.42 Å². The molecule has 5 nitrogen and oxygen atoms in total. The maximum atomic E-state index is 11.3. The molecular formula is C10H9N3O2S. The number of hydrogen-bond donors (Lipinski definition) is 0. The van der Waals surface area contributed by atoms with Crippen LogP contribution in [0.5, 0.6) is 0 Å². The Hall–Kier alpha value is -1.96. The van der Waals surface area contributed by atoms with E-state index in [1.807, 2.05) is 0 Å². The third kappa shape index (κ3) is 3.31. The number of carbonyl (C=O) groups excluding carboxylic acids is 1. The predicted molar refractivity (Wildman–Crippen MR) is 61.2 cm³/mol. The van der Waals surface area contributed by atoms with Crippen LogP contribution in [-0.2, 0) is 4.74 Å². The van der Waals surface area contributed by atoms with Crippen LogP contribution < -0.4 is 0 Å². The molecule has 0 unspecified atom stereocenters. The van der Waals surface area contributed by atoms with E-state index < -0.39 is 0 Å². The highest BCUT2D eigenvalue weighted by atomic mass is 32.1. The summed E-state index contributed by atoms with van der Waals surface area (Å²) in [5.41, 5.74) is 8.70. The van der Waals surface area contributed by atoms with Gasteiger partial charge in [-0.3, -0.25) is 0 Å². The molecule has 0 N–H and O–H groups in total. The number of nitrogens with zero attached hydrogens (tertiary/aromatic N) is 3. The first-order valence-corrected chi connectivity index (χ1v) is 5.33. The molecule has 0 aliphatic heterocycles. The summed E-state index contributed by atoms with van der Waals surface area (Å²) in [6.45, 7) is 0.335. The summed E-state index contributed by atoms with van der Waals surface area (Å²) in [4.78, 5) is 14.4. The molecule has 0 spiro atoms. The summed E-state index contributed by atoms with van der Waals surface area (Å²) >= 11 is 1.29. The second-order valence-corrected chi connectivity index (χ2v) is 3.58. The molecule has 0 amide bonds. The van der Waals surface area contributed by atoms with Gasteiger partial charge in [0.1, 0.15) is 4.88 Å². The second-order valence-electron chi connectivity index (χ2n) is 2.66. The fourth-order valence-corrected chi connectivity index (χ4v) is 1.73. The molecule has 0 aliphatic carbocycles. The van der Waals surface area contributed by atoms with Gasteiger partial charge in [-0.05, 0) is 17.0 Å². The number of thiophene rings is 1. The molecule has 1 heterocycles. The summed E-state index contributed by atoms with van der Waals surface area (Å²) in [6, 6.07) is 1.76. The van der Waals surface area contributed by atoms with Crippen LogP contribution in [0.25, 0.3) is 10.4 Å². The molecule has 0 atom stereocenters. The zero-order valence-electron chi connectivity index (χ0n) is 8.64. The van der Waals surface area contributed by atoms with E-state index in [2.05, 4.69) is 26.6 Å². The van der Waals surface area contributed by atoms with Crippen LogP contribution in [0.4, 0.5) is 0 Å². The smallest absolute Gasteiger partial charge is 0.349 e. The highest BCUT2D eigenvalue weighted by molar-refractivity contribution is 7.12. The molecule has 1 aromatic rings. The third-order valence-electron chi connectivity index (χ3n) is 1.66. The van der Waals surface area contributed by atoms with Crippen molar-refractivity contribution in [2.24, 2.45) is 5.11 Å². The van der Waals surface area contributed by atoms with Crippen molar-refractivity contribution in [1.29, 1.82) is 0 Å². The van der Waals surface area contributed by atoms with Gasteiger partial charge in [0, 0.05) is 23.4 Å². The SMILES string of the molecule is COC(=O)c1sccc1C#CCCN=[N+]=[N-]. The molecule has 16 heavy (non-hydrogen) atoms. The quantitative estimate of drug-likeness (QED) is 0.202. The maximum Gasteiger partial charge on any atom is 0.349 e. The lowest BCUT2D eigenvalue weighted by Crippen LogP contribution is -1.99.